The van der Waals surface area contributed by atoms with Crippen molar-refractivity contribution in [1.29, 1.82) is 0 Å². The lowest BCUT2D eigenvalue weighted by Crippen LogP contribution is -2.42. The molecule has 2 atom stereocenters. The van der Waals surface area contributed by atoms with Gasteiger partial charge in [-0.25, -0.2) is 8.42 Å². The van der Waals surface area contributed by atoms with Gasteiger partial charge in [0, 0.05) is 49.1 Å². The Morgan fingerprint density at radius 1 is 1.10 bits per heavy atom. The second-order valence-corrected chi connectivity index (χ2v) is 9.24. The van der Waals surface area contributed by atoms with E-state index in [0.29, 0.717) is 18.7 Å². The van der Waals surface area contributed by atoms with Crippen molar-refractivity contribution < 1.29 is 13.2 Å². The number of sulfonamides is 1. The molecule has 1 aromatic carbocycles. The van der Waals surface area contributed by atoms with Crippen molar-refractivity contribution in [3.05, 3.63) is 54.6 Å². The Morgan fingerprint density at radius 3 is 2.76 bits per heavy atom. The van der Waals surface area contributed by atoms with Gasteiger partial charge in [0.25, 0.3) is 0 Å². The molecule has 5 rings (SSSR count). The quantitative estimate of drug-likeness (QED) is 0.653. The van der Waals surface area contributed by atoms with Crippen LogP contribution in [0.1, 0.15) is 18.7 Å². The molecule has 4 heterocycles. The molecule has 29 heavy (non-hydrogen) atoms. The molecular formula is C20H21N5O3S. The van der Waals surface area contributed by atoms with E-state index in [9.17, 15) is 8.42 Å². The highest BCUT2D eigenvalue weighted by Crippen LogP contribution is 2.37. The molecule has 9 heteroatoms. The summed E-state index contributed by atoms with van der Waals surface area (Å²) in [6, 6.07) is 10.2. The van der Waals surface area contributed by atoms with Crippen molar-refractivity contribution in [2.75, 3.05) is 7.11 Å². The maximum absolute atomic E-state index is 13.5. The zero-order valence-electron chi connectivity index (χ0n) is 16.0. The van der Waals surface area contributed by atoms with E-state index in [1.54, 1.807) is 41.0 Å². The Labute approximate surface area is 169 Å². The van der Waals surface area contributed by atoms with Crippen molar-refractivity contribution in [1.82, 2.24) is 24.1 Å². The first kappa shape index (κ1) is 18.3. The third kappa shape index (κ3) is 3.01. The molecule has 0 aliphatic carbocycles. The molecule has 0 N–H and O–H groups in total. The molecule has 1 fully saturated rings. The van der Waals surface area contributed by atoms with E-state index in [1.807, 2.05) is 12.1 Å². The maximum atomic E-state index is 13.5. The average molecular weight is 411 g/mol. The largest absolute Gasteiger partial charge is 0.497 e. The number of pyridine rings is 1. The van der Waals surface area contributed by atoms with Gasteiger partial charge in [0.15, 0.2) is 5.82 Å². The lowest BCUT2D eigenvalue weighted by molar-refractivity contribution is 0.315. The standard InChI is InChI=1S/C20H21N5O3S/c1-28-17-5-2-6-18(11-17)29(26,27)25-15-7-8-16(25)13-24-19(10-15)22-23-20(24)14-4-3-9-21-12-14/h2-6,9,11-12,15-16H,7-8,10,13H2,1H3/t15-,16+/m0/s1. The fourth-order valence-corrected chi connectivity index (χ4v) is 6.28. The van der Waals surface area contributed by atoms with Crippen molar-refractivity contribution in [3.63, 3.8) is 0 Å². The normalized spacial score (nSPS) is 21.6. The van der Waals surface area contributed by atoms with Crippen LogP contribution in [0.3, 0.4) is 0 Å². The summed E-state index contributed by atoms with van der Waals surface area (Å²) in [4.78, 5) is 4.43. The predicted octanol–water partition coefficient (Wildman–Crippen LogP) is 2.13. The van der Waals surface area contributed by atoms with E-state index in [1.165, 1.54) is 7.11 Å². The van der Waals surface area contributed by atoms with Gasteiger partial charge < -0.3 is 9.30 Å². The van der Waals surface area contributed by atoms with E-state index in [4.69, 9.17) is 4.74 Å². The molecule has 2 bridgehead atoms. The molecule has 2 aliphatic heterocycles. The van der Waals surface area contributed by atoms with Crippen molar-refractivity contribution in [2.45, 2.75) is 42.8 Å². The molecule has 0 radical (unpaired) electrons. The fourth-order valence-electron chi connectivity index (χ4n) is 4.39. The van der Waals surface area contributed by atoms with Crippen LogP contribution in [-0.4, -0.2) is 51.7 Å². The van der Waals surface area contributed by atoms with E-state index < -0.39 is 10.0 Å². The summed E-state index contributed by atoms with van der Waals surface area (Å²) >= 11 is 0. The first-order chi connectivity index (χ1) is 14.1. The summed E-state index contributed by atoms with van der Waals surface area (Å²) < 4.78 is 36.0. The summed E-state index contributed by atoms with van der Waals surface area (Å²) in [5.41, 5.74) is 0.881. The van der Waals surface area contributed by atoms with E-state index >= 15 is 0 Å². The zero-order valence-corrected chi connectivity index (χ0v) is 16.8. The minimum absolute atomic E-state index is 0.122. The smallest absolute Gasteiger partial charge is 0.243 e. The number of nitrogens with zero attached hydrogens (tertiary/aromatic N) is 5. The fraction of sp³-hybridized carbons (Fsp3) is 0.350. The minimum Gasteiger partial charge on any atom is -0.497 e. The van der Waals surface area contributed by atoms with Crippen LogP contribution >= 0.6 is 0 Å². The maximum Gasteiger partial charge on any atom is 0.243 e. The monoisotopic (exact) mass is 411 g/mol. The molecule has 1 saturated heterocycles. The predicted molar refractivity (Wildman–Crippen MR) is 106 cm³/mol. The number of benzene rings is 1. The summed E-state index contributed by atoms with van der Waals surface area (Å²) in [6.45, 7) is 0.534. The van der Waals surface area contributed by atoms with Gasteiger partial charge in [-0.15, -0.1) is 10.2 Å². The number of methoxy groups -OCH3 is 1. The number of rotatable bonds is 4. The van der Waals surface area contributed by atoms with Gasteiger partial charge >= 0.3 is 0 Å². The Morgan fingerprint density at radius 2 is 1.97 bits per heavy atom. The van der Waals surface area contributed by atoms with Crippen LogP contribution in [0.25, 0.3) is 11.4 Å². The first-order valence-corrected chi connectivity index (χ1v) is 11.0. The highest BCUT2D eigenvalue weighted by atomic mass is 32.2. The Balaban J connectivity index is 1.53. The van der Waals surface area contributed by atoms with Crippen LogP contribution in [-0.2, 0) is 23.0 Å². The molecule has 0 spiro atoms. The van der Waals surface area contributed by atoms with Crippen LogP contribution in [0.2, 0.25) is 0 Å². The Kier molecular flexibility index (Phi) is 4.36. The second-order valence-electron chi connectivity index (χ2n) is 7.40. The average Bonchev–Trinajstić information content (AvgIpc) is 3.28. The van der Waals surface area contributed by atoms with Crippen LogP contribution < -0.4 is 4.74 Å². The highest BCUT2D eigenvalue weighted by Gasteiger charge is 2.45. The molecule has 150 valence electrons. The lowest BCUT2D eigenvalue weighted by atomic mass is 10.1. The van der Waals surface area contributed by atoms with Crippen molar-refractivity contribution in [2.24, 2.45) is 0 Å². The summed E-state index contributed by atoms with van der Waals surface area (Å²) in [5, 5.41) is 8.74. The van der Waals surface area contributed by atoms with Crippen molar-refractivity contribution >= 4 is 10.0 Å². The second kappa shape index (κ2) is 6.93. The van der Waals surface area contributed by atoms with Gasteiger partial charge in [0.2, 0.25) is 10.0 Å². The molecule has 0 saturated carbocycles. The van der Waals surface area contributed by atoms with E-state index in [-0.39, 0.29) is 17.0 Å². The first-order valence-electron chi connectivity index (χ1n) is 9.58. The molecule has 2 aliphatic rings. The van der Waals surface area contributed by atoms with E-state index in [2.05, 4.69) is 19.7 Å². The summed E-state index contributed by atoms with van der Waals surface area (Å²) in [6.07, 6.45) is 5.66. The molecular weight excluding hydrogens is 390 g/mol. The molecule has 8 nitrogen and oxygen atoms in total. The number of hydrogen-bond donors (Lipinski definition) is 0. The van der Waals surface area contributed by atoms with Gasteiger partial charge in [-0.05, 0) is 37.1 Å². The summed E-state index contributed by atoms with van der Waals surface area (Å²) in [7, 11) is -2.11. The number of fused-ring (bicyclic) bond motifs is 3. The molecule has 3 aromatic rings. The van der Waals surface area contributed by atoms with Crippen LogP contribution in [0.15, 0.2) is 53.7 Å². The number of ether oxygens (including phenoxy) is 1. The lowest BCUT2D eigenvalue weighted by Gasteiger charge is -2.27. The third-order valence-electron chi connectivity index (χ3n) is 5.73. The molecule has 2 aromatic heterocycles. The molecule has 0 unspecified atom stereocenters. The zero-order chi connectivity index (χ0) is 20.0. The van der Waals surface area contributed by atoms with Crippen molar-refractivity contribution in [3.8, 4) is 17.1 Å². The van der Waals surface area contributed by atoms with E-state index in [0.717, 1.165) is 30.1 Å². The number of aromatic nitrogens is 4. The van der Waals surface area contributed by atoms with Crippen LogP contribution in [0.4, 0.5) is 0 Å². The van der Waals surface area contributed by atoms with Gasteiger partial charge in [-0.3, -0.25) is 4.98 Å². The minimum atomic E-state index is -3.65. The Hall–Kier alpha value is -2.78. The van der Waals surface area contributed by atoms with Crippen LogP contribution in [0.5, 0.6) is 5.75 Å². The van der Waals surface area contributed by atoms with Gasteiger partial charge in [-0.1, -0.05) is 6.07 Å². The Bertz CT molecular complexity index is 1150. The number of hydrogen-bond acceptors (Lipinski definition) is 6. The topological polar surface area (TPSA) is 90.2 Å². The van der Waals surface area contributed by atoms with Gasteiger partial charge in [-0.2, -0.15) is 4.31 Å². The van der Waals surface area contributed by atoms with Crippen LogP contribution in [0, 0.1) is 0 Å². The van der Waals surface area contributed by atoms with Gasteiger partial charge in [0.1, 0.15) is 11.6 Å². The SMILES string of the molecule is COc1cccc(S(=O)(=O)N2[C@@H]3CC[C@H]2Cc2nnc(-c4cccnc4)n2C3)c1. The van der Waals surface area contributed by atoms with Gasteiger partial charge in [0.05, 0.1) is 12.0 Å². The third-order valence-corrected chi connectivity index (χ3v) is 7.73. The highest BCUT2D eigenvalue weighted by molar-refractivity contribution is 7.89. The molecule has 0 amide bonds. The summed E-state index contributed by atoms with van der Waals surface area (Å²) in [5.74, 6) is 2.09.